The van der Waals surface area contributed by atoms with Gasteiger partial charge < -0.3 is 15.1 Å². The zero-order valence-electron chi connectivity index (χ0n) is 14.1. The number of anilines is 1. The summed E-state index contributed by atoms with van der Waals surface area (Å²) in [6.45, 7) is 2.04. The summed E-state index contributed by atoms with van der Waals surface area (Å²) < 4.78 is 43.4. The van der Waals surface area contributed by atoms with Crippen molar-refractivity contribution in [2.24, 2.45) is 0 Å². The van der Waals surface area contributed by atoms with Crippen LogP contribution in [0.5, 0.6) is 0 Å². The Morgan fingerprint density at radius 1 is 1.30 bits per heavy atom. The molecule has 27 heavy (non-hydrogen) atoms. The summed E-state index contributed by atoms with van der Waals surface area (Å²) in [5, 5.41) is 7.24. The number of aryl methyl sites for hydroxylation is 1. The highest BCUT2D eigenvalue weighted by Gasteiger charge is 2.32. The van der Waals surface area contributed by atoms with E-state index >= 15 is 0 Å². The molecular weight excluding hydrogens is 381 g/mol. The summed E-state index contributed by atoms with van der Waals surface area (Å²) in [4.78, 5) is 20.3. The average Bonchev–Trinajstić information content (AvgIpc) is 3.27. The lowest BCUT2D eigenvalue weighted by Gasteiger charge is -2.09. The van der Waals surface area contributed by atoms with Gasteiger partial charge in [-0.1, -0.05) is 6.07 Å². The average molecular weight is 396 g/mol. The van der Waals surface area contributed by atoms with E-state index in [2.05, 4.69) is 20.6 Å². The van der Waals surface area contributed by atoms with Gasteiger partial charge in [0.15, 0.2) is 0 Å². The number of furan rings is 1. The predicted molar refractivity (Wildman–Crippen MR) is 94.6 cm³/mol. The molecule has 3 aromatic heterocycles. The number of alkyl halides is 3. The van der Waals surface area contributed by atoms with Crippen LogP contribution in [0.2, 0.25) is 0 Å². The smallest absolute Gasteiger partial charge is 0.433 e. The third-order valence-corrected chi connectivity index (χ3v) is 4.45. The summed E-state index contributed by atoms with van der Waals surface area (Å²) in [6, 6.07) is 6.24. The highest BCUT2D eigenvalue weighted by atomic mass is 32.1. The summed E-state index contributed by atoms with van der Waals surface area (Å²) in [5.41, 5.74) is -0.618. The second-order valence-electron chi connectivity index (χ2n) is 5.50. The Bertz CT molecular complexity index is 923. The van der Waals surface area contributed by atoms with Crippen LogP contribution in [0.3, 0.4) is 0 Å². The van der Waals surface area contributed by atoms with E-state index in [1.165, 1.54) is 11.3 Å². The monoisotopic (exact) mass is 396 g/mol. The molecule has 0 atom stereocenters. The van der Waals surface area contributed by atoms with Gasteiger partial charge in [-0.05, 0) is 30.5 Å². The zero-order chi connectivity index (χ0) is 19.4. The van der Waals surface area contributed by atoms with Crippen LogP contribution in [0.4, 0.5) is 19.1 Å². The van der Waals surface area contributed by atoms with Crippen molar-refractivity contribution < 1.29 is 22.4 Å². The van der Waals surface area contributed by atoms with Gasteiger partial charge in [0.25, 0.3) is 5.91 Å². The van der Waals surface area contributed by atoms with Gasteiger partial charge in [-0.25, -0.2) is 9.97 Å². The van der Waals surface area contributed by atoms with Crippen LogP contribution in [0.1, 0.15) is 21.8 Å². The first-order valence-electron chi connectivity index (χ1n) is 7.91. The van der Waals surface area contributed by atoms with Gasteiger partial charge in [0.1, 0.15) is 17.2 Å². The molecule has 0 aliphatic carbocycles. The Hall–Kier alpha value is -2.88. The number of nitrogens with zero attached hydrogens (tertiary/aromatic N) is 2. The number of carbonyl (C=O) groups excluding carboxylic acids is 1. The number of halogens is 3. The van der Waals surface area contributed by atoms with Gasteiger partial charge in [-0.2, -0.15) is 13.2 Å². The van der Waals surface area contributed by atoms with Gasteiger partial charge in [0.05, 0.1) is 10.4 Å². The molecule has 0 saturated heterocycles. The minimum Gasteiger partial charge on any atom is -0.460 e. The fourth-order valence-corrected chi connectivity index (χ4v) is 2.97. The van der Waals surface area contributed by atoms with Crippen molar-refractivity contribution in [3.63, 3.8) is 0 Å². The highest BCUT2D eigenvalue weighted by molar-refractivity contribution is 7.13. The number of aromatic nitrogens is 2. The lowest BCUT2D eigenvalue weighted by Crippen LogP contribution is -2.29. The summed E-state index contributed by atoms with van der Waals surface area (Å²) in [6.07, 6.45) is -3.51. The van der Waals surface area contributed by atoms with Crippen LogP contribution in [-0.2, 0) is 6.18 Å². The maximum atomic E-state index is 12.6. The summed E-state index contributed by atoms with van der Waals surface area (Å²) >= 11 is 1.50. The quantitative estimate of drug-likeness (QED) is 0.617. The number of thiophene rings is 1. The van der Waals surface area contributed by atoms with Crippen LogP contribution < -0.4 is 10.6 Å². The molecular formula is C17H15F3N4O2S. The predicted octanol–water partition coefficient (Wildman–Crippen LogP) is 3.97. The van der Waals surface area contributed by atoms with Crippen molar-refractivity contribution in [3.8, 4) is 10.6 Å². The van der Waals surface area contributed by atoms with Crippen LogP contribution in [0, 0.1) is 6.92 Å². The molecule has 10 heteroatoms. The number of hydrogen-bond acceptors (Lipinski definition) is 6. The molecule has 1 amide bonds. The molecule has 0 fully saturated rings. The van der Waals surface area contributed by atoms with E-state index in [4.69, 9.17) is 4.42 Å². The standard InChI is InChI=1S/C17H15F3N4O2S/c1-10-11(9-12(26-10)13-3-2-8-27-13)15(25)21-6-7-23-16-22-5-4-14(24-16)17(18,19)20/h2-5,8-9H,6-7H2,1H3,(H,21,25)(H,22,23,24). The Kier molecular flexibility index (Phi) is 5.45. The molecule has 0 unspecified atom stereocenters. The topological polar surface area (TPSA) is 80.0 Å². The highest BCUT2D eigenvalue weighted by Crippen LogP contribution is 2.29. The lowest BCUT2D eigenvalue weighted by molar-refractivity contribution is -0.141. The van der Waals surface area contributed by atoms with E-state index in [1.54, 1.807) is 13.0 Å². The summed E-state index contributed by atoms with van der Waals surface area (Å²) in [5.74, 6) is 0.623. The molecule has 3 aromatic rings. The maximum Gasteiger partial charge on any atom is 0.433 e. The molecule has 142 valence electrons. The molecule has 0 aliphatic heterocycles. The number of carbonyl (C=O) groups is 1. The fraction of sp³-hybridized carbons (Fsp3) is 0.235. The molecule has 0 radical (unpaired) electrons. The van der Waals surface area contributed by atoms with Crippen molar-refractivity contribution in [1.29, 1.82) is 0 Å². The fourth-order valence-electron chi connectivity index (χ4n) is 2.30. The zero-order valence-corrected chi connectivity index (χ0v) is 14.9. The Balaban J connectivity index is 1.53. The molecule has 0 aromatic carbocycles. The van der Waals surface area contributed by atoms with Gasteiger partial charge >= 0.3 is 6.18 Å². The third kappa shape index (κ3) is 4.64. The van der Waals surface area contributed by atoms with Crippen LogP contribution in [-0.4, -0.2) is 29.0 Å². The van der Waals surface area contributed by atoms with Crippen LogP contribution >= 0.6 is 11.3 Å². The summed E-state index contributed by atoms with van der Waals surface area (Å²) in [7, 11) is 0. The molecule has 0 aliphatic rings. The molecule has 0 spiro atoms. The largest absolute Gasteiger partial charge is 0.460 e. The number of amides is 1. The van der Waals surface area contributed by atoms with Crippen molar-refractivity contribution >= 4 is 23.2 Å². The van der Waals surface area contributed by atoms with Gasteiger partial charge in [0, 0.05) is 19.3 Å². The molecule has 6 nitrogen and oxygen atoms in total. The normalized spacial score (nSPS) is 11.4. The van der Waals surface area contributed by atoms with Crippen molar-refractivity contribution in [2.75, 3.05) is 18.4 Å². The van der Waals surface area contributed by atoms with Gasteiger partial charge in [-0.3, -0.25) is 4.79 Å². The molecule has 0 bridgehead atoms. The minimum atomic E-state index is -4.54. The minimum absolute atomic E-state index is 0.154. The number of nitrogens with one attached hydrogen (secondary N) is 2. The third-order valence-electron chi connectivity index (χ3n) is 3.57. The SMILES string of the molecule is Cc1oc(-c2cccs2)cc1C(=O)NCCNc1nccc(C(F)(F)F)n1. The van der Waals surface area contributed by atoms with E-state index in [9.17, 15) is 18.0 Å². The first-order valence-corrected chi connectivity index (χ1v) is 8.79. The Morgan fingerprint density at radius 2 is 2.11 bits per heavy atom. The van der Waals surface area contributed by atoms with E-state index < -0.39 is 11.9 Å². The molecule has 3 heterocycles. The first-order chi connectivity index (χ1) is 12.8. The van der Waals surface area contributed by atoms with E-state index in [0.717, 1.165) is 17.1 Å². The second kappa shape index (κ2) is 7.78. The van der Waals surface area contributed by atoms with Gasteiger partial charge in [0.2, 0.25) is 5.95 Å². The number of hydrogen-bond donors (Lipinski definition) is 2. The molecule has 0 saturated carbocycles. The van der Waals surface area contributed by atoms with Crippen LogP contribution in [0.15, 0.2) is 40.3 Å². The van der Waals surface area contributed by atoms with Crippen molar-refractivity contribution in [2.45, 2.75) is 13.1 Å². The first kappa shape index (κ1) is 18.9. The van der Waals surface area contributed by atoms with Crippen LogP contribution in [0.25, 0.3) is 10.6 Å². The molecule has 3 rings (SSSR count). The Morgan fingerprint density at radius 3 is 2.81 bits per heavy atom. The maximum absolute atomic E-state index is 12.6. The van der Waals surface area contributed by atoms with Gasteiger partial charge in [-0.15, -0.1) is 11.3 Å². The van der Waals surface area contributed by atoms with E-state index in [0.29, 0.717) is 17.1 Å². The van der Waals surface area contributed by atoms with Crippen molar-refractivity contribution in [1.82, 2.24) is 15.3 Å². The molecule has 2 N–H and O–H groups in total. The number of rotatable bonds is 6. The van der Waals surface area contributed by atoms with E-state index in [1.807, 2.05) is 17.5 Å². The Labute approximate surface area is 156 Å². The lowest BCUT2D eigenvalue weighted by atomic mass is 10.2. The van der Waals surface area contributed by atoms with E-state index in [-0.39, 0.29) is 24.9 Å². The second-order valence-corrected chi connectivity index (χ2v) is 6.45. The van der Waals surface area contributed by atoms with Crippen molar-refractivity contribution in [3.05, 3.63) is 52.9 Å².